The van der Waals surface area contributed by atoms with Crippen molar-refractivity contribution in [3.05, 3.63) is 29.8 Å². The molecule has 0 saturated heterocycles. The van der Waals surface area contributed by atoms with Gasteiger partial charge in [-0.25, -0.2) is 8.42 Å². The Morgan fingerprint density at radius 2 is 1.79 bits per heavy atom. The Hall–Kier alpha value is -2.28. The molecule has 4 aliphatic rings. The van der Waals surface area contributed by atoms with Crippen molar-refractivity contribution < 1.29 is 26.3 Å². The Bertz CT molecular complexity index is 1090. The van der Waals surface area contributed by atoms with Gasteiger partial charge in [-0.2, -0.15) is 23.4 Å². The fourth-order valence-corrected chi connectivity index (χ4v) is 7.87. The monoisotopic (exact) mass is 483 g/mol. The molecule has 1 aromatic carbocycles. The van der Waals surface area contributed by atoms with Crippen LogP contribution in [0.1, 0.15) is 51.5 Å². The normalized spacial score (nSPS) is 31.8. The summed E-state index contributed by atoms with van der Waals surface area (Å²) in [6.45, 7) is 3.13. The van der Waals surface area contributed by atoms with Crippen LogP contribution in [0, 0.1) is 29.2 Å². The van der Waals surface area contributed by atoms with E-state index in [1.165, 1.54) is 24.5 Å². The number of nitrogens with one attached hydrogen (secondary N) is 1. The molecule has 0 aromatic heterocycles. The summed E-state index contributed by atoms with van der Waals surface area (Å²) in [5.41, 5.74) is -2.25. The summed E-state index contributed by atoms with van der Waals surface area (Å²) in [7, 11) is -3.21. The summed E-state index contributed by atoms with van der Waals surface area (Å²) >= 11 is 0. The van der Waals surface area contributed by atoms with E-state index < -0.39 is 31.9 Å². The highest BCUT2D eigenvalue weighted by molar-refractivity contribution is 7.92. The van der Waals surface area contributed by atoms with Crippen LogP contribution in [0.2, 0.25) is 0 Å². The lowest BCUT2D eigenvalue weighted by Crippen LogP contribution is -2.65. The van der Waals surface area contributed by atoms with E-state index in [2.05, 4.69) is 10.3 Å². The van der Waals surface area contributed by atoms with E-state index in [0.717, 1.165) is 18.9 Å². The molecule has 10 heteroatoms. The predicted octanol–water partition coefficient (Wildman–Crippen LogP) is 4.32. The second-order valence-corrected chi connectivity index (χ2v) is 12.7. The quantitative estimate of drug-likeness (QED) is 0.383. The zero-order valence-corrected chi connectivity index (χ0v) is 19.6. The summed E-state index contributed by atoms with van der Waals surface area (Å²) in [4.78, 5) is 3.89. The SMILES string of the molecule is CC(C)(Oc1ccccc1C(F)(F)F)/C(=N\C#N)NC1C2CC3CC1CC(S(C)(=O)=O)(C3)C2. The maximum absolute atomic E-state index is 13.4. The lowest BCUT2D eigenvalue weighted by Gasteiger charge is -2.59. The number of hydrogen-bond acceptors (Lipinski definition) is 5. The largest absolute Gasteiger partial charge is 0.479 e. The van der Waals surface area contributed by atoms with Crippen molar-refractivity contribution >= 4 is 15.7 Å². The van der Waals surface area contributed by atoms with Gasteiger partial charge in [0.2, 0.25) is 6.19 Å². The molecule has 4 fully saturated rings. The van der Waals surface area contributed by atoms with Gasteiger partial charge in [-0.05, 0) is 75.8 Å². The Morgan fingerprint density at radius 1 is 1.18 bits per heavy atom. The number of amidine groups is 1. The first-order valence-electron chi connectivity index (χ1n) is 11.0. The van der Waals surface area contributed by atoms with Crippen LogP contribution in [0.4, 0.5) is 13.2 Å². The number of aliphatic imine (C=N–C) groups is 1. The number of rotatable bonds is 5. The third-order valence-corrected chi connectivity index (χ3v) is 9.67. The van der Waals surface area contributed by atoms with Gasteiger partial charge < -0.3 is 10.1 Å². The molecule has 33 heavy (non-hydrogen) atoms. The molecule has 180 valence electrons. The van der Waals surface area contributed by atoms with Crippen molar-refractivity contribution in [3.8, 4) is 11.9 Å². The Labute approximate surface area is 192 Å². The van der Waals surface area contributed by atoms with E-state index in [1.807, 2.05) is 0 Å². The minimum Gasteiger partial charge on any atom is -0.479 e. The van der Waals surface area contributed by atoms with Crippen molar-refractivity contribution in [2.75, 3.05) is 6.26 Å². The maximum Gasteiger partial charge on any atom is 0.419 e. The van der Waals surface area contributed by atoms with Gasteiger partial charge in [0, 0.05) is 12.3 Å². The molecule has 4 bridgehead atoms. The van der Waals surface area contributed by atoms with Gasteiger partial charge >= 0.3 is 6.18 Å². The van der Waals surface area contributed by atoms with E-state index >= 15 is 0 Å². The van der Waals surface area contributed by atoms with Crippen molar-refractivity contribution in [1.29, 1.82) is 5.26 Å². The third-order valence-electron chi connectivity index (χ3n) is 7.60. The highest BCUT2D eigenvalue weighted by Crippen LogP contribution is 2.58. The number of nitriles is 1. The lowest BCUT2D eigenvalue weighted by molar-refractivity contribution is -0.139. The van der Waals surface area contributed by atoms with E-state index in [4.69, 9.17) is 4.74 Å². The molecule has 0 aliphatic heterocycles. The highest BCUT2D eigenvalue weighted by atomic mass is 32.2. The number of benzene rings is 1. The van der Waals surface area contributed by atoms with Gasteiger partial charge in [0.05, 0.1) is 10.3 Å². The zero-order valence-electron chi connectivity index (χ0n) is 18.8. The van der Waals surface area contributed by atoms with Gasteiger partial charge in [0.1, 0.15) is 5.75 Å². The summed E-state index contributed by atoms with van der Waals surface area (Å²) in [6, 6.07) is 4.83. The van der Waals surface area contributed by atoms with Crippen LogP contribution in [-0.4, -0.2) is 36.9 Å². The molecule has 1 N–H and O–H groups in total. The second-order valence-electron chi connectivity index (χ2n) is 10.3. The van der Waals surface area contributed by atoms with E-state index in [1.54, 1.807) is 20.0 Å². The fourth-order valence-electron chi connectivity index (χ4n) is 6.30. The average molecular weight is 484 g/mol. The number of para-hydroxylation sites is 1. The van der Waals surface area contributed by atoms with E-state index in [-0.39, 0.29) is 29.5 Å². The van der Waals surface area contributed by atoms with Crippen LogP contribution < -0.4 is 10.1 Å². The maximum atomic E-state index is 13.4. The van der Waals surface area contributed by atoms with Crippen molar-refractivity contribution in [2.24, 2.45) is 22.7 Å². The van der Waals surface area contributed by atoms with Gasteiger partial charge in [0.25, 0.3) is 0 Å². The molecule has 1 aromatic rings. The highest BCUT2D eigenvalue weighted by Gasteiger charge is 2.60. The van der Waals surface area contributed by atoms with Gasteiger partial charge in [-0.1, -0.05) is 12.1 Å². The van der Waals surface area contributed by atoms with Crippen LogP contribution in [0.5, 0.6) is 5.75 Å². The number of sulfone groups is 1. The number of ether oxygens (including phenoxy) is 1. The molecule has 4 aliphatic carbocycles. The van der Waals surface area contributed by atoms with E-state index in [9.17, 15) is 26.9 Å². The number of nitrogens with zero attached hydrogens (tertiary/aromatic N) is 2. The first kappa shape index (κ1) is 23.9. The number of hydrogen-bond donors (Lipinski definition) is 1. The Kier molecular flexibility index (Phi) is 5.71. The predicted molar refractivity (Wildman–Crippen MR) is 117 cm³/mol. The molecule has 5 rings (SSSR count). The van der Waals surface area contributed by atoms with Crippen molar-refractivity contribution in [2.45, 2.75) is 68.5 Å². The van der Waals surface area contributed by atoms with Crippen molar-refractivity contribution in [3.63, 3.8) is 0 Å². The van der Waals surface area contributed by atoms with Crippen LogP contribution >= 0.6 is 0 Å². The Morgan fingerprint density at radius 3 is 2.33 bits per heavy atom. The minimum absolute atomic E-state index is 0.0909. The van der Waals surface area contributed by atoms with Crippen LogP contribution in [-0.2, 0) is 16.0 Å². The summed E-state index contributed by atoms with van der Waals surface area (Å²) < 4.78 is 70.6. The molecule has 6 nitrogen and oxygen atoms in total. The molecule has 2 atom stereocenters. The summed E-state index contributed by atoms with van der Waals surface area (Å²) in [6.07, 6.45) is 2.05. The summed E-state index contributed by atoms with van der Waals surface area (Å²) in [5.74, 6) is 0.340. The molecular weight excluding hydrogens is 455 g/mol. The average Bonchev–Trinajstić information content (AvgIpc) is 2.67. The number of halogens is 3. The molecule has 4 saturated carbocycles. The van der Waals surface area contributed by atoms with Crippen LogP contribution in [0.25, 0.3) is 0 Å². The first-order chi connectivity index (χ1) is 15.3. The molecular formula is C23H28F3N3O3S. The van der Waals surface area contributed by atoms with Crippen molar-refractivity contribution in [1.82, 2.24) is 5.32 Å². The zero-order chi connectivity index (χ0) is 24.2. The first-order valence-corrected chi connectivity index (χ1v) is 12.9. The smallest absolute Gasteiger partial charge is 0.419 e. The molecule has 0 spiro atoms. The molecule has 0 radical (unpaired) electrons. The lowest BCUT2D eigenvalue weighted by atomic mass is 9.53. The number of alkyl halides is 3. The molecule has 0 heterocycles. The fraction of sp³-hybridized carbons (Fsp3) is 0.652. The molecule has 0 amide bonds. The van der Waals surface area contributed by atoms with Gasteiger partial charge in [-0.15, -0.1) is 0 Å². The second kappa shape index (κ2) is 7.90. The third kappa shape index (κ3) is 4.32. The topological polar surface area (TPSA) is 91.5 Å². The minimum atomic E-state index is -4.59. The summed E-state index contributed by atoms with van der Waals surface area (Å²) in [5, 5.41) is 12.6. The van der Waals surface area contributed by atoms with E-state index in [0.29, 0.717) is 25.2 Å². The molecule has 2 unspecified atom stereocenters. The van der Waals surface area contributed by atoms with Gasteiger partial charge in [0.15, 0.2) is 21.3 Å². The Balaban J connectivity index is 1.59. The van der Waals surface area contributed by atoms with Crippen LogP contribution in [0.3, 0.4) is 0 Å². The standard InChI is InChI=1S/C23H28F3N3O3S/c1-21(2,32-18-7-5-4-6-17(18)23(24,25)26)20(28-13-27)29-19-15-8-14-9-16(19)12-22(10-14,11-15)33(3,30)31/h4-7,14-16,19H,8-12H2,1-3H3,(H,28,29). The van der Waals surface area contributed by atoms with Crippen LogP contribution in [0.15, 0.2) is 29.3 Å². The van der Waals surface area contributed by atoms with Gasteiger partial charge in [-0.3, -0.25) is 0 Å².